The number of benzene rings is 1. The third-order valence-electron chi connectivity index (χ3n) is 4.28. The second kappa shape index (κ2) is 8.46. The maximum atomic E-state index is 12.1. The van der Waals surface area contributed by atoms with Crippen molar-refractivity contribution in [1.29, 1.82) is 0 Å². The highest BCUT2D eigenvalue weighted by Gasteiger charge is 2.14. The fraction of sp³-hybridized carbons (Fsp3) is 0.444. The third-order valence-corrected chi connectivity index (χ3v) is 5.63. The van der Waals surface area contributed by atoms with Crippen molar-refractivity contribution in [2.45, 2.75) is 32.2 Å². The van der Waals surface area contributed by atoms with Gasteiger partial charge in [0.05, 0.1) is 18.0 Å². The van der Waals surface area contributed by atoms with Crippen LogP contribution in [0.3, 0.4) is 0 Å². The molecule has 1 heterocycles. The summed E-state index contributed by atoms with van der Waals surface area (Å²) in [6.45, 7) is 0.403. The predicted molar refractivity (Wildman–Crippen MR) is 98.9 cm³/mol. The number of nitrogens with one attached hydrogen (secondary N) is 1. The lowest BCUT2D eigenvalue weighted by Gasteiger charge is -2.16. The minimum absolute atomic E-state index is 0.0659. The molecule has 1 aliphatic rings. The van der Waals surface area contributed by atoms with E-state index in [4.69, 9.17) is 4.74 Å². The van der Waals surface area contributed by atoms with E-state index in [9.17, 15) is 13.2 Å². The van der Waals surface area contributed by atoms with Crippen LogP contribution in [0.25, 0.3) is 0 Å². The van der Waals surface area contributed by atoms with Crippen LogP contribution in [0, 0.1) is 0 Å². The van der Waals surface area contributed by atoms with Gasteiger partial charge in [-0.2, -0.15) is 5.10 Å². The maximum Gasteiger partial charge on any atom is 0.267 e. The summed E-state index contributed by atoms with van der Waals surface area (Å²) in [6.07, 6.45) is 3.93. The van der Waals surface area contributed by atoms with Crippen LogP contribution < -0.4 is 15.0 Å². The zero-order valence-corrected chi connectivity index (χ0v) is 15.4. The first-order chi connectivity index (χ1) is 12.5. The fourth-order valence-electron chi connectivity index (χ4n) is 2.93. The van der Waals surface area contributed by atoms with E-state index in [1.54, 1.807) is 18.2 Å². The zero-order valence-electron chi connectivity index (χ0n) is 14.6. The number of rotatable bonds is 8. The maximum absolute atomic E-state index is 12.1. The number of sulfonamides is 1. The van der Waals surface area contributed by atoms with Crippen LogP contribution >= 0.6 is 0 Å². The summed E-state index contributed by atoms with van der Waals surface area (Å²) in [6, 6.07) is 10.7. The summed E-state index contributed by atoms with van der Waals surface area (Å²) in [5.41, 5.74) is 1.79. The molecular weight excluding hydrogens is 354 g/mol. The Morgan fingerprint density at radius 3 is 2.73 bits per heavy atom. The van der Waals surface area contributed by atoms with E-state index in [-0.39, 0.29) is 31.0 Å². The SMILES string of the molecule is O=c1cc2c(nn1CCNS(=O)(=O)CCOc1ccccc1)CCCC2. The lowest BCUT2D eigenvalue weighted by Crippen LogP contribution is -2.35. The normalized spacial score (nSPS) is 14.0. The number of nitrogens with zero attached hydrogens (tertiary/aromatic N) is 2. The average molecular weight is 377 g/mol. The molecule has 0 fully saturated rings. The van der Waals surface area contributed by atoms with E-state index in [0.717, 1.165) is 36.9 Å². The van der Waals surface area contributed by atoms with Gasteiger partial charge < -0.3 is 4.74 Å². The van der Waals surface area contributed by atoms with Crippen LogP contribution in [0.5, 0.6) is 5.75 Å². The van der Waals surface area contributed by atoms with Crippen molar-refractivity contribution >= 4 is 10.0 Å². The second-order valence-corrected chi connectivity index (χ2v) is 8.19. The van der Waals surface area contributed by atoms with Crippen molar-refractivity contribution in [3.8, 4) is 5.75 Å². The summed E-state index contributed by atoms with van der Waals surface area (Å²) in [5.74, 6) is 0.488. The molecule has 2 aromatic rings. The van der Waals surface area contributed by atoms with E-state index in [2.05, 4.69) is 9.82 Å². The van der Waals surface area contributed by atoms with Gasteiger partial charge in [0, 0.05) is 12.6 Å². The molecular formula is C18H23N3O4S. The summed E-state index contributed by atoms with van der Waals surface area (Å²) >= 11 is 0. The fourth-order valence-corrected chi connectivity index (χ4v) is 3.78. The van der Waals surface area contributed by atoms with Crippen molar-refractivity contribution in [2.24, 2.45) is 0 Å². The van der Waals surface area contributed by atoms with E-state index in [1.807, 2.05) is 18.2 Å². The molecule has 1 aliphatic carbocycles. The highest BCUT2D eigenvalue weighted by molar-refractivity contribution is 7.89. The summed E-state index contributed by atoms with van der Waals surface area (Å²) in [7, 11) is -3.47. The standard InChI is InChI=1S/C18H23N3O4S/c22-18-14-15-6-4-5-9-17(15)20-21(18)11-10-19-26(23,24)13-12-25-16-7-2-1-3-8-16/h1-3,7-8,14,19H,4-6,9-13H2. The van der Waals surface area contributed by atoms with Crippen LogP contribution in [0.2, 0.25) is 0 Å². The van der Waals surface area contributed by atoms with E-state index >= 15 is 0 Å². The minimum atomic E-state index is -3.47. The van der Waals surface area contributed by atoms with Crippen molar-refractivity contribution < 1.29 is 13.2 Å². The number of ether oxygens (including phenoxy) is 1. The van der Waals surface area contributed by atoms with Crippen LogP contribution in [0.15, 0.2) is 41.2 Å². The number of hydrogen-bond donors (Lipinski definition) is 1. The molecule has 140 valence electrons. The highest BCUT2D eigenvalue weighted by atomic mass is 32.2. The van der Waals surface area contributed by atoms with Crippen LogP contribution in [0.4, 0.5) is 0 Å². The Labute approximate surface area is 153 Å². The van der Waals surface area contributed by atoms with E-state index in [0.29, 0.717) is 5.75 Å². The van der Waals surface area contributed by atoms with Gasteiger partial charge in [-0.15, -0.1) is 0 Å². The van der Waals surface area contributed by atoms with Crippen molar-refractivity contribution in [1.82, 2.24) is 14.5 Å². The molecule has 0 aliphatic heterocycles. The number of fused-ring (bicyclic) bond motifs is 1. The van der Waals surface area contributed by atoms with Gasteiger partial charge in [0.2, 0.25) is 10.0 Å². The van der Waals surface area contributed by atoms with Gasteiger partial charge in [-0.1, -0.05) is 18.2 Å². The van der Waals surface area contributed by atoms with E-state index < -0.39 is 10.0 Å². The molecule has 0 bridgehead atoms. The predicted octanol–water partition coefficient (Wildman–Crippen LogP) is 1.12. The molecule has 1 aromatic heterocycles. The summed E-state index contributed by atoms with van der Waals surface area (Å²) in [4.78, 5) is 12.1. The van der Waals surface area contributed by atoms with Crippen LogP contribution in [0.1, 0.15) is 24.1 Å². The molecule has 8 heteroatoms. The average Bonchev–Trinajstić information content (AvgIpc) is 2.63. The van der Waals surface area contributed by atoms with Gasteiger partial charge in [0.1, 0.15) is 12.4 Å². The van der Waals surface area contributed by atoms with Crippen molar-refractivity contribution in [3.63, 3.8) is 0 Å². The van der Waals surface area contributed by atoms with Crippen molar-refractivity contribution in [3.05, 3.63) is 58.0 Å². The number of aryl methyl sites for hydroxylation is 2. The molecule has 0 unspecified atom stereocenters. The summed E-state index contributed by atoms with van der Waals surface area (Å²) in [5, 5.41) is 4.38. The molecule has 0 saturated heterocycles. The second-order valence-electron chi connectivity index (χ2n) is 6.26. The van der Waals surface area contributed by atoms with Gasteiger partial charge >= 0.3 is 0 Å². The first-order valence-corrected chi connectivity index (χ1v) is 10.4. The summed E-state index contributed by atoms with van der Waals surface area (Å²) < 4.78 is 33.3. The molecule has 7 nitrogen and oxygen atoms in total. The molecule has 0 spiro atoms. The number of para-hydroxylation sites is 1. The van der Waals surface area contributed by atoms with Crippen molar-refractivity contribution in [2.75, 3.05) is 18.9 Å². The van der Waals surface area contributed by atoms with E-state index in [1.165, 1.54) is 4.68 Å². The Balaban J connectivity index is 1.48. The first-order valence-electron chi connectivity index (χ1n) is 8.79. The lowest BCUT2D eigenvalue weighted by atomic mass is 9.97. The monoisotopic (exact) mass is 377 g/mol. The topological polar surface area (TPSA) is 90.3 Å². The molecule has 0 amide bonds. The smallest absolute Gasteiger partial charge is 0.267 e. The Morgan fingerprint density at radius 1 is 1.15 bits per heavy atom. The molecule has 0 saturated carbocycles. The third kappa shape index (κ3) is 5.15. The molecule has 26 heavy (non-hydrogen) atoms. The Morgan fingerprint density at radius 2 is 1.92 bits per heavy atom. The highest BCUT2D eigenvalue weighted by Crippen LogP contribution is 2.16. The Hall–Kier alpha value is -2.19. The van der Waals surface area contributed by atoms with Gasteiger partial charge in [0.15, 0.2) is 0 Å². The molecule has 1 aromatic carbocycles. The minimum Gasteiger partial charge on any atom is -0.492 e. The molecule has 1 N–H and O–H groups in total. The largest absolute Gasteiger partial charge is 0.492 e. The Bertz CT molecular complexity index is 894. The number of hydrogen-bond acceptors (Lipinski definition) is 5. The quantitative estimate of drug-likeness (QED) is 0.745. The lowest BCUT2D eigenvalue weighted by molar-refractivity contribution is 0.340. The van der Waals surface area contributed by atoms with Gasteiger partial charge in [0.25, 0.3) is 5.56 Å². The molecule has 0 radical (unpaired) electrons. The van der Waals surface area contributed by atoms with Gasteiger partial charge in [-0.05, 0) is 43.4 Å². The zero-order chi connectivity index (χ0) is 18.4. The first kappa shape index (κ1) is 18.6. The molecule has 3 rings (SSSR count). The number of aromatic nitrogens is 2. The molecule has 0 atom stereocenters. The van der Waals surface area contributed by atoms with Gasteiger partial charge in [-0.3, -0.25) is 4.79 Å². The van der Waals surface area contributed by atoms with Crippen LogP contribution in [-0.2, 0) is 29.4 Å². The Kier molecular flexibility index (Phi) is 6.05. The van der Waals surface area contributed by atoms with Crippen LogP contribution in [-0.4, -0.2) is 37.1 Å². The van der Waals surface area contributed by atoms with Gasteiger partial charge in [-0.25, -0.2) is 17.8 Å².